The molecule has 0 aliphatic heterocycles. The summed E-state index contributed by atoms with van der Waals surface area (Å²) < 4.78 is 7.41. The maximum absolute atomic E-state index is 13.1. The van der Waals surface area contributed by atoms with Gasteiger partial charge in [-0.25, -0.2) is 4.98 Å². The lowest BCUT2D eigenvalue weighted by atomic mass is 10.1. The van der Waals surface area contributed by atoms with Gasteiger partial charge in [0.1, 0.15) is 11.6 Å². The first-order chi connectivity index (χ1) is 13.9. The van der Waals surface area contributed by atoms with Crippen molar-refractivity contribution in [1.29, 1.82) is 0 Å². The molecule has 7 nitrogen and oxygen atoms in total. The summed E-state index contributed by atoms with van der Waals surface area (Å²) in [6, 6.07) is 12.4. The molecule has 1 aromatic heterocycles. The van der Waals surface area contributed by atoms with Crippen molar-refractivity contribution in [3.05, 3.63) is 68.7 Å². The molecule has 3 aromatic rings. The van der Waals surface area contributed by atoms with E-state index < -0.39 is 5.91 Å². The molecule has 29 heavy (non-hydrogen) atoms. The number of primary amides is 1. The molecule has 2 N–H and O–H groups in total. The minimum absolute atomic E-state index is 0.0671. The van der Waals surface area contributed by atoms with Crippen LogP contribution in [0.4, 0.5) is 0 Å². The Labute approximate surface area is 176 Å². The van der Waals surface area contributed by atoms with E-state index in [0.717, 1.165) is 16.5 Å². The van der Waals surface area contributed by atoms with Crippen molar-refractivity contribution in [2.75, 3.05) is 6.61 Å². The molecular formula is C21H21BrN4O3. The fraction of sp³-hybridized carbons (Fsp3) is 0.238. The highest BCUT2D eigenvalue weighted by Gasteiger charge is 2.15. The highest BCUT2D eigenvalue weighted by atomic mass is 79.9. The average Bonchev–Trinajstić information content (AvgIpc) is 2.72. The summed E-state index contributed by atoms with van der Waals surface area (Å²) in [6.07, 6.45) is 2.42. The second-order valence-corrected chi connectivity index (χ2v) is 7.54. The van der Waals surface area contributed by atoms with Crippen molar-refractivity contribution >= 4 is 39.0 Å². The Morgan fingerprint density at radius 3 is 2.69 bits per heavy atom. The molecule has 150 valence electrons. The summed E-state index contributed by atoms with van der Waals surface area (Å²) in [7, 11) is 0. The Balaban J connectivity index is 1.98. The highest BCUT2D eigenvalue weighted by Crippen LogP contribution is 2.21. The molecule has 0 bridgehead atoms. The molecule has 3 rings (SSSR count). The van der Waals surface area contributed by atoms with Crippen LogP contribution in [-0.2, 0) is 4.79 Å². The van der Waals surface area contributed by atoms with Crippen molar-refractivity contribution in [1.82, 2.24) is 9.66 Å². The summed E-state index contributed by atoms with van der Waals surface area (Å²) in [4.78, 5) is 28.5. The zero-order valence-electron chi connectivity index (χ0n) is 16.1. The second-order valence-electron chi connectivity index (χ2n) is 6.63. The van der Waals surface area contributed by atoms with Crippen molar-refractivity contribution < 1.29 is 9.53 Å². The van der Waals surface area contributed by atoms with E-state index >= 15 is 0 Å². The van der Waals surface area contributed by atoms with Gasteiger partial charge >= 0.3 is 0 Å². The molecule has 0 aliphatic carbocycles. The van der Waals surface area contributed by atoms with Crippen LogP contribution in [0.3, 0.4) is 0 Å². The Morgan fingerprint density at radius 1 is 1.31 bits per heavy atom. The summed E-state index contributed by atoms with van der Waals surface area (Å²) >= 11 is 3.40. The number of hydrogen-bond donors (Lipinski definition) is 1. The number of halogens is 1. The molecular weight excluding hydrogens is 436 g/mol. The van der Waals surface area contributed by atoms with Gasteiger partial charge in [-0.05, 0) is 54.4 Å². The predicted molar refractivity (Wildman–Crippen MR) is 117 cm³/mol. The second kappa shape index (κ2) is 9.00. The van der Waals surface area contributed by atoms with Crippen LogP contribution in [0.15, 0.2) is 56.8 Å². The van der Waals surface area contributed by atoms with Crippen LogP contribution in [0.1, 0.15) is 37.6 Å². The lowest BCUT2D eigenvalue weighted by Crippen LogP contribution is -2.23. The van der Waals surface area contributed by atoms with E-state index in [1.54, 1.807) is 36.5 Å². The maximum Gasteiger partial charge on any atom is 0.282 e. The molecule has 0 fully saturated rings. The third-order valence-electron chi connectivity index (χ3n) is 4.47. The number of ether oxygens (including phenoxy) is 1. The number of benzene rings is 2. The van der Waals surface area contributed by atoms with Gasteiger partial charge in [0.25, 0.3) is 11.5 Å². The van der Waals surface area contributed by atoms with Crippen molar-refractivity contribution in [3.8, 4) is 5.75 Å². The summed E-state index contributed by atoms with van der Waals surface area (Å²) in [5, 5.41) is 4.91. The predicted octanol–water partition coefficient (Wildman–Crippen LogP) is 3.42. The standard InChI is InChI=1S/C21H21BrN4O3/c1-3-13(2)20-25-18-9-6-15(22)10-17(18)21(28)26(20)24-11-14-4-7-16(8-5-14)29-12-19(23)27/h4-11,13H,3,12H2,1-2H3,(H2,23,27)/t13-/m0/s1. The highest BCUT2D eigenvalue weighted by molar-refractivity contribution is 9.10. The number of carbonyl (C=O) groups is 1. The molecule has 8 heteroatoms. The fourth-order valence-electron chi connectivity index (χ4n) is 2.71. The minimum Gasteiger partial charge on any atom is -0.484 e. The van der Waals surface area contributed by atoms with E-state index in [0.29, 0.717) is 22.5 Å². The van der Waals surface area contributed by atoms with Crippen LogP contribution in [-0.4, -0.2) is 28.4 Å². The Hall–Kier alpha value is -3.00. The van der Waals surface area contributed by atoms with Crippen LogP contribution in [0.5, 0.6) is 5.75 Å². The van der Waals surface area contributed by atoms with Gasteiger partial charge in [-0.3, -0.25) is 9.59 Å². The van der Waals surface area contributed by atoms with Gasteiger partial charge in [0, 0.05) is 10.4 Å². The van der Waals surface area contributed by atoms with Crippen molar-refractivity contribution in [2.24, 2.45) is 10.8 Å². The monoisotopic (exact) mass is 456 g/mol. The van der Waals surface area contributed by atoms with Gasteiger partial charge in [0.15, 0.2) is 6.61 Å². The van der Waals surface area contributed by atoms with E-state index in [1.165, 1.54) is 4.68 Å². The van der Waals surface area contributed by atoms with Crippen LogP contribution < -0.4 is 16.0 Å². The first kappa shape index (κ1) is 20.7. The Bertz CT molecular complexity index is 1120. The maximum atomic E-state index is 13.1. The number of nitrogens with two attached hydrogens (primary N) is 1. The minimum atomic E-state index is -0.539. The summed E-state index contributed by atoms with van der Waals surface area (Å²) in [6.45, 7) is 3.88. The third kappa shape index (κ3) is 4.89. The van der Waals surface area contributed by atoms with Crippen molar-refractivity contribution in [3.63, 3.8) is 0 Å². The van der Waals surface area contributed by atoms with Gasteiger partial charge in [-0.1, -0.05) is 29.8 Å². The fourth-order valence-corrected chi connectivity index (χ4v) is 3.07. The van der Waals surface area contributed by atoms with E-state index in [2.05, 4.69) is 26.0 Å². The lowest BCUT2D eigenvalue weighted by molar-refractivity contribution is -0.119. The average molecular weight is 457 g/mol. The number of aromatic nitrogens is 2. The van der Waals surface area contributed by atoms with Gasteiger partial charge < -0.3 is 10.5 Å². The van der Waals surface area contributed by atoms with Crippen LogP contribution in [0.25, 0.3) is 10.9 Å². The smallest absolute Gasteiger partial charge is 0.282 e. The number of hydrogen-bond acceptors (Lipinski definition) is 5. The zero-order valence-corrected chi connectivity index (χ0v) is 17.7. The van der Waals surface area contributed by atoms with Gasteiger partial charge in [0.05, 0.1) is 17.1 Å². The zero-order chi connectivity index (χ0) is 21.0. The summed E-state index contributed by atoms with van der Waals surface area (Å²) in [5.41, 5.74) is 6.27. The molecule has 0 saturated carbocycles. The van der Waals surface area contributed by atoms with E-state index in [1.807, 2.05) is 26.0 Å². The quantitative estimate of drug-likeness (QED) is 0.550. The Morgan fingerprint density at radius 2 is 2.03 bits per heavy atom. The molecule has 0 unspecified atom stereocenters. The number of amides is 1. The largest absolute Gasteiger partial charge is 0.484 e. The molecule has 1 heterocycles. The first-order valence-electron chi connectivity index (χ1n) is 9.16. The van der Waals surface area contributed by atoms with Crippen molar-refractivity contribution in [2.45, 2.75) is 26.2 Å². The Kier molecular flexibility index (Phi) is 6.43. The third-order valence-corrected chi connectivity index (χ3v) is 4.96. The molecule has 0 spiro atoms. The number of nitrogens with zero attached hydrogens (tertiary/aromatic N) is 3. The van der Waals surface area contributed by atoms with Gasteiger partial charge in [-0.2, -0.15) is 9.78 Å². The number of rotatable bonds is 7. The molecule has 0 saturated heterocycles. The van der Waals surface area contributed by atoms with E-state index in [9.17, 15) is 9.59 Å². The number of fused-ring (bicyclic) bond motifs is 1. The SMILES string of the molecule is CC[C@H](C)c1nc2ccc(Br)cc2c(=O)n1N=Cc1ccc(OCC(N)=O)cc1. The normalized spacial score (nSPS) is 12.4. The summed E-state index contributed by atoms with van der Waals surface area (Å²) in [5.74, 6) is 0.668. The molecule has 0 radical (unpaired) electrons. The van der Waals surface area contributed by atoms with Crippen LogP contribution in [0, 0.1) is 0 Å². The first-order valence-corrected chi connectivity index (χ1v) is 9.96. The van der Waals surface area contributed by atoms with Gasteiger partial charge in [-0.15, -0.1) is 0 Å². The van der Waals surface area contributed by atoms with E-state index in [4.69, 9.17) is 10.5 Å². The van der Waals surface area contributed by atoms with Gasteiger partial charge in [0.2, 0.25) is 0 Å². The van der Waals surface area contributed by atoms with Crippen LogP contribution in [0.2, 0.25) is 0 Å². The van der Waals surface area contributed by atoms with E-state index in [-0.39, 0.29) is 18.1 Å². The number of carbonyl (C=O) groups excluding carboxylic acids is 1. The molecule has 1 amide bonds. The molecule has 0 aliphatic rings. The molecule has 1 atom stereocenters. The lowest BCUT2D eigenvalue weighted by Gasteiger charge is -2.14. The molecule has 2 aromatic carbocycles. The van der Waals surface area contributed by atoms with Crippen LogP contribution >= 0.6 is 15.9 Å². The topological polar surface area (TPSA) is 99.6 Å².